The predicted molar refractivity (Wildman–Crippen MR) is 79.8 cm³/mol. The van der Waals surface area contributed by atoms with Crippen molar-refractivity contribution in [1.29, 1.82) is 0 Å². The summed E-state index contributed by atoms with van der Waals surface area (Å²) >= 11 is 6.71. The summed E-state index contributed by atoms with van der Waals surface area (Å²) in [6.07, 6.45) is 1.54. The van der Waals surface area contributed by atoms with Crippen LogP contribution in [0.3, 0.4) is 0 Å². The molecule has 0 saturated heterocycles. The van der Waals surface area contributed by atoms with Crippen LogP contribution in [0.4, 0.5) is 0 Å². The first-order chi connectivity index (χ1) is 9.13. The van der Waals surface area contributed by atoms with E-state index in [9.17, 15) is 4.79 Å². The third-order valence-corrected chi connectivity index (χ3v) is 3.81. The zero-order chi connectivity index (χ0) is 13.8. The number of ether oxygens (including phenoxy) is 1. The molecular weight excluding hydrogens is 280 g/mol. The van der Waals surface area contributed by atoms with Crippen LogP contribution in [-0.4, -0.2) is 17.7 Å². The van der Waals surface area contributed by atoms with Crippen LogP contribution >= 0.6 is 23.6 Å². The molecule has 1 atom stereocenters. The maximum absolute atomic E-state index is 12.1. The lowest BCUT2D eigenvalue weighted by Gasteiger charge is -2.28. The van der Waals surface area contributed by atoms with Gasteiger partial charge in [-0.15, -0.1) is 11.3 Å². The molecule has 100 valence electrons. The smallest absolute Gasteiger partial charge is 0.338 e. The molecule has 2 heterocycles. The molecule has 0 saturated carbocycles. The number of thiophene rings is 1. The molecule has 2 rings (SSSR count). The zero-order valence-electron chi connectivity index (χ0n) is 10.4. The monoisotopic (exact) mass is 294 g/mol. The highest BCUT2D eigenvalue weighted by Crippen LogP contribution is 2.30. The quantitative estimate of drug-likeness (QED) is 0.507. The van der Waals surface area contributed by atoms with E-state index in [0.29, 0.717) is 10.7 Å². The fraction of sp³-hybridized carbons (Fsp3) is 0.231. The van der Waals surface area contributed by atoms with Gasteiger partial charge in [-0.25, -0.2) is 4.79 Å². The third-order valence-electron chi connectivity index (χ3n) is 2.65. The molecule has 6 heteroatoms. The largest absolute Gasteiger partial charge is 0.458 e. The van der Waals surface area contributed by atoms with E-state index in [1.807, 2.05) is 24.4 Å². The molecule has 0 unspecified atom stereocenters. The SMILES string of the molecule is C=CCOC(=O)C1=C(C)NC(=S)N[C@H]1c1cccs1. The Labute approximate surface area is 121 Å². The van der Waals surface area contributed by atoms with Crippen molar-refractivity contribution in [2.24, 2.45) is 0 Å². The topological polar surface area (TPSA) is 50.4 Å². The number of hydrogen-bond donors (Lipinski definition) is 2. The third kappa shape index (κ3) is 3.02. The van der Waals surface area contributed by atoms with E-state index >= 15 is 0 Å². The van der Waals surface area contributed by atoms with Crippen LogP contribution in [0.25, 0.3) is 0 Å². The van der Waals surface area contributed by atoms with Gasteiger partial charge in [0.25, 0.3) is 0 Å². The molecule has 0 spiro atoms. The van der Waals surface area contributed by atoms with Gasteiger partial charge in [0.05, 0.1) is 11.6 Å². The zero-order valence-corrected chi connectivity index (χ0v) is 12.1. The summed E-state index contributed by atoms with van der Waals surface area (Å²) in [7, 11) is 0. The van der Waals surface area contributed by atoms with Gasteiger partial charge in [0.15, 0.2) is 5.11 Å². The summed E-state index contributed by atoms with van der Waals surface area (Å²) < 4.78 is 5.13. The van der Waals surface area contributed by atoms with Crippen LogP contribution in [0.2, 0.25) is 0 Å². The van der Waals surface area contributed by atoms with Crippen molar-refractivity contribution >= 4 is 34.6 Å². The molecule has 1 aliphatic rings. The van der Waals surface area contributed by atoms with Crippen molar-refractivity contribution in [3.8, 4) is 0 Å². The summed E-state index contributed by atoms with van der Waals surface area (Å²) in [4.78, 5) is 13.2. The van der Waals surface area contributed by atoms with Crippen LogP contribution in [0.1, 0.15) is 17.8 Å². The first-order valence-electron chi connectivity index (χ1n) is 5.73. The number of allylic oxidation sites excluding steroid dienone is 1. The Kier molecular flexibility index (Phi) is 4.34. The van der Waals surface area contributed by atoms with E-state index in [-0.39, 0.29) is 18.6 Å². The van der Waals surface area contributed by atoms with Crippen molar-refractivity contribution in [3.05, 3.63) is 46.3 Å². The maximum Gasteiger partial charge on any atom is 0.338 e. The minimum absolute atomic E-state index is 0.192. The molecule has 1 aliphatic heterocycles. The highest BCUT2D eigenvalue weighted by molar-refractivity contribution is 7.80. The Morgan fingerprint density at radius 2 is 2.47 bits per heavy atom. The first-order valence-corrected chi connectivity index (χ1v) is 7.02. The Balaban J connectivity index is 2.33. The van der Waals surface area contributed by atoms with E-state index < -0.39 is 0 Å². The lowest BCUT2D eigenvalue weighted by atomic mass is 10.0. The minimum Gasteiger partial charge on any atom is -0.458 e. The summed E-state index contributed by atoms with van der Waals surface area (Å²) in [5, 5.41) is 8.53. The Morgan fingerprint density at radius 3 is 3.11 bits per heavy atom. The second-order valence-electron chi connectivity index (χ2n) is 3.97. The molecule has 19 heavy (non-hydrogen) atoms. The number of esters is 1. The van der Waals surface area contributed by atoms with E-state index in [4.69, 9.17) is 17.0 Å². The van der Waals surface area contributed by atoms with Gasteiger partial charge < -0.3 is 15.4 Å². The molecule has 0 radical (unpaired) electrons. The fourth-order valence-electron chi connectivity index (χ4n) is 1.85. The van der Waals surface area contributed by atoms with Gasteiger partial charge in [0.2, 0.25) is 0 Å². The second kappa shape index (κ2) is 5.99. The molecule has 4 nitrogen and oxygen atoms in total. The molecule has 0 aliphatic carbocycles. The van der Waals surface area contributed by atoms with Gasteiger partial charge >= 0.3 is 5.97 Å². The van der Waals surface area contributed by atoms with Crippen molar-refractivity contribution < 1.29 is 9.53 Å². The first kappa shape index (κ1) is 13.8. The molecule has 2 N–H and O–H groups in total. The number of carbonyl (C=O) groups excluding carboxylic acids is 1. The summed E-state index contributed by atoms with van der Waals surface area (Å²) in [5.41, 5.74) is 1.27. The Bertz CT molecular complexity index is 535. The highest BCUT2D eigenvalue weighted by atomic mass is 32.1. The predicted octanol–water partition coefficient (Wildman–Crippen LogP) is 2.27. The van der Waals surface area contributed by atoms with Crippen LogP contribution in [0.5, 0.6) is 0 Å². The van der Waals surface area contributed by atoms with Crippen molar-refractivity contribution in [2.45, 2.75) is 13.0 Å². The number of rotatable bonds is 4. The number of thiocarbonyl (C=S) groups is 1. The average Bonchev–Trinajstić information content (AvgIpc) is 2.88. The standard InChI is InChI=1S/C13H14N2O2S2/c1-3-6-17-12(16)10-8(2)14-13(18)15-11(10)9-5-4-7-19-9/h3-5,7,11H,1,6H2,2H3,(H2,14,15,18)/t11-/m0/s1. The number of nitrogens with one attached hydrogen (secondary N) is 2. The highest BCUT2D eigenvalue weighted by Gasteiger charge is 2.31. The summed E-state index contributed by atoms with van der Waals surface area (Å²) in [5.74, 6) is -0.363. The number of carbonyl (C=O) groups is 1. The van der Waals surface area contributed by atoms with Gasteiger partial charge in [0.1, 0.15) is 6.61 Å². The molecule has 0 fully saturated rings. The van der Waals surface area contributed by atoms with Crippen molar-refractivity contribution in [2.75, 3.05) is 6.61 Å². The van der Waals surface area contributed by atoms with Gasteiger partial charge in [-0.2, -0.15) is 0 Å². The summed E-state index contributed by atoms with van der Waals surface area (Å²) in [6.45, 7) is 5.54. The van der Waals surface area contributed by atoms with Crippen LogP contribution in [0.15, 0.2) is 41.4 Å². The summed E-state index contributed by atoms with van der Waals surface area (Å²) in [6, 6.07) is 3.64. The average molecular weight is 294 g/mol. The lowest BCUT2D eigenvalue weighted by molar-refractivity contribution is -0.138. The molecule has 0 bridgehead atoms. The van der Waals surface area contributed by atoms with Crippen molar-refractivity contribution in [1.82, 2.24) is 10.6 Å². The van der Waals surface area contributed by atoms with Crippen LogP contribution < -0.4 is 10.6 Å². The molecule has 1 aromatic heterocycles. The molecular formula is C13H14N2O2S2. The Hall–Kier alpha value is -1.66. The lowest BCUT2D eigenvalue weighted by Crippen LogP contribution is -2.44. The Morgan fingerprint density at radius 1 is 1.68 bits per heavy atom. The van der Waals surface area contributed by atoms with Gasteiger partial charge in [-0.3, -0.25) is 0 Å². The van der Waals surface area contributed by atoms with E-state index in [0.717, 1.165) is 10.6 Å². The normalized spacial score (nSPS) is 18.6. The van der Waals surface area contributed by atoms with Crippen LogP contribution in [-0.2, 0) is 9.53 Å². The van der Waals surface area contributed by atoms with Gasteiger partial charge in [0, 0.05) is 10.6 Å². The molecule has 1 aromatic rings. The van der Waals surface area contributed by atoms with E-state index in [1.165, 1.54) is 0 Å². The van der Waals surface area contributed by atoms with Crippen LogP contribution in [0, 0.1) is 0 Å². The second-order valence-corrected chi connectivity index (χ2v) is 5.36. The van der Waals surface area contributed by atoms with Gasteiger partial charge in [-0.05, 0) is 30.6 Å². The van der Waals surface area contributed by atoms with E-state index in [2.05, 4.69) is 17.2 Å². The molecule has 0 aromatic carbocycles. The molecule has 0 amide bonds. The minimum atomic E-state index is -0.363. The van der Waals surface area contributed by atoms with Gasteiger partial charge in [-0.1, -0.05) is 18.7 Å². The van der Waals surface area contributed by atoms with E-state index in [1.54, 1.807) is 17.4 Å². The van der Waals surface area contributed by atoms with Crippen molar-refractivity contribution in [3.63, 3.8) is 0 Å². The fourth-order valence-corrected chi connectivity index (χ4v) is 2.90. The maximum atomic E-state index is 12.1. The number of hydrogen-bond acceptors (Lipinski definition) is 4.